The van der Waals surface area contributed by atoms with Crippen LogP contribution in [0.4, 0.5) is 0 Å². The molecule has 4 aliphatic rings. The van der Waals surface area contributed by atoms with E-state index in [0.29, 0.717) is 12.4 Å². The van der Waals surface area contributed by atoms with Crippen molar-refractivity contribution in [3.05, 3.63) is 30.3 Å². The van der Waals surface area contributed by atoms with Crippen LogP contribution in [0.25, 0.3) is 0 Å². The molecule has 25 heavy (non-hydrogen) atoms. The van der Waals surface area contributed by atoms with Crippen LogP contribution < -0.4 is 10.1 Å². The van der Waals surface area contributed by atoms with Crippen LogP contribution in [-0.4, -0.2) is 29.6 Å². The van der Waals surface area contributed by atoms with E-state index in [9.17, 15) is 4.79 Å². The largest absolute Gasteiger partial charge is 0.494 e. The highest BCUT2D eigenvalue weighted by atomic mass is 32.2. The van der Waals surface area contributed by atoms with Crippen LogP contribution in [0.1, 0.15) is 44.9 Å². The van der Waals surface area contributed by atoms with E-state index in [1.165, 1.54) is 38.5 Å². The lowest BCUT2D eigenvalue weighted by Gasteiger charge is -2.56. The molecule has 0 saturated heterocycles. The second kappa shape index (κ2) is 7.61. The number of benzene rings is 1. The van der Waals surface area contributed by atoms with E-state index in [-0.39, 0.29) is 11.4 Å². The molecule has 1 aromatic rings. The van der Waals surface area contributed by atoms with Crippen LogP contribution in [0.15, 0.2) is 30.3 Å². The minimum absolute atomic E-state index is 0.156. The zero-order valence-corrected chi connectivity index (χ0v) is 15.7. The summed E-state index contributed by atoms with van der Waals surface area (Å²) in [5.74, 6) is 5.38. The first-order valence-electron chi connectivity index (χ1n) is 9.77. The maximum atomic E-state index is 12.4. The molecule has 1 amide bonds. The summed E-state index contributed by atoms with van der Waals surface area (Å²) >= 11 is 1.73. The Bertz CT molecular complexity index is 554. The highest BCUT2D eigenvalue weighted by molar-refractivity contribution is 7.99. The van der Waals surface area contributed by atoms with Gasteiger partial charge in [0.1, 0.15) is 5.75 Å². The molecule has 0 heterocycles. The fourth-order valence-corrected chi connectivity index (χ4v) is 6.35. The molecule has 1 aromatic carbocycles. The van der Waals surface area contributed by atoms with Crippen molar-refractivity contribution in [3.63, 3.8) is 0 Å². The van der Waals surface area contributed by atoms with Crippen molar-refractivity contribution >= 4 is 17.7 Å². The third kappa shape index (κ3) is 4.33. The Balaban J connectivity index is 1.13. The van der Waals surface area contributed by atoms with Crippen molar-refractivity contribution in [2.75, 3.05) is 18.1 Å². The lowest BCUT2D eigenvalue weighted by Crippen LogP contribution is -2.60. The standard InChI is InChI=1S/C21H29NO2S/c23-20(15-25-8-4-7-24-19-5-2-1-3-6-19)22-21-12-16-9-17(13-21)11-18(10-16)14-21/h1-3,5-6,16-18H,4,7-15H2,(H,22,23). The highest BCUT2D eigenvalue weighted by Gasteiger charge is 2.51. The average Bonchev–Trinajstić information content (AvgIpc) is 2.57. The van der Waals surface area contributed by atoms with E-state index in [2.05, 4.69) is 5.32 Å². The van der Waals surface area contributed by atoms with Gasteiger partial charge in [-0.15, -0.1) is 0 Å². The Hall–Kier alpha value is -1.16. The summed E-state index contributed by atoms with van der Waals surface area (Å²) in [5.41, 5.74) is 0.156. The van der Waals surface area contributed by atoms with Gasteiger partial charge in [0.2, 0.25) is 5.91 Å². The fraction of sp³-hybridized carbons (Fsp3) is 0.667. The molecule has 0 unspecified atom stereocenters. The van der Waals surface area contributed by atoms with E-state index in [4.69, 9.17) is 4.74 Å². The quantitative estimate of drug-likeness (QED) is 0.704. The second-order valence-corrected chi connectivity index (χ2v) is 9.42. The molecule has 4 fully saturated rings. The molecule has 3 nitrogen and oxygen atoms in total. The molecule has 5 rings (SSSR count). The van der Waals surface area contributed by atoms with E-state index >= 15 is 0 Å². The zero-order valence-electron chi connectivity index (χ0n) is 14.9. The monoisotopic (exact) mass is 359 g/mol. The summed E-state index contributed by atoms with van der Waals surface area (Å²) < 4.78 is 5.69. The summed E-state index contributed by atoms with van der Waals surface area (Å²) in [5, 5.41) is 3.45. The van der Waals surface area contributed by atoms with Crippen molar-refractivity contribution < 1.29 is 9.53 Å². The van der Waals surface area contributed by atoms with Crippen molar-refractivity contribution in [2.45, 2.75) is 50.5 Å². The minimum atomic E-state index is 0.156. The van der Waals surface area contributed by atoms with Gasteiger partial charge in [0, 0.05) is 5.54 Å². The number of amides is 1. The van der Waals surface area contributed by atoms with Gasteiger partial charge in [-0.3, -0.25) is 4.79 Å². The first-order chi connectivity index (χ1) is 12.2. The third-order valence-corrected chi connectivity index (χ3v) is 7.16. The minimum Gasteiger partial charge on any atom is -0.494 e. The van der Waals surface area contributed by atoms with Crippen LogP contribution in [0.3, 0.4) is 0 Å². The van der Waals surface area contributed by atoms with Crippen molar-refractivity contribution in [1.29, 1.82) is 0 Å². The molecular weight excluding hydrogens is 330 g/mol. The number of rotatable bonds is 8. The molecule has 0 aliphatic heterocycles. The molecule has 136 valence electrons. The summed E-state index contributed by atoms with van der Waals surface area (Å²) in [6.07, 6.45) is 8.95. The van der Waals surface area contributed by atoms with Gasteiger partial charge >= 0.3 is 0 Å². The SMILES string of the molecule is O=C(CSCCCOc1ccccc1)NC12CC3CC(CC(C3)C1)C2. The highest BCUT2D eigenvalue weighted by Crippen LogP contribution is 2.55. The number of hydrogen-bond acceptors (Lipinski definition) is 3. The van der Waals surface area contributed by atoms with E-state index < -0.39 is 0 Å². The van der Waals surface area contributed by atoms with Gasteiger partial charge in [0.25, 0.3) is 0 Å². The van der Waals surface area contributed by atoms with Gasteiger partial charge in [-0.1, -0.05) is 18.2 Å². The predicted molar refractivity (Wildman–Crippen MR) is 103 cm³/mol. The maximum absolute atomic E-state index is 12.4. The number of carbonyl (C=O) groups excluding carboxylic acids is 1. The number of carbonyl (C=O) groups is 1. The molecule has 1 N–H and O–H groups in total. The number of para-hydroxylation sites is 1. The van der Waals surface area contributed by atoms with E-state index in [1.54, 1.807) is 11.8 Å². The maximum Gasteiger partial charge on any atom is 0.230 e. The number of ether oxygens (including phenoxy) is 1. The zero-order chi connectivity index (χ0) is 17.1. The predicted octanol–water partition coefficient (Wildman–Crippen LogP) is 4.27. The summed E-state index contributed by atoms with van der Waals surface area (Å²) in [7, 11) is 0. The molecule has 0 atom stereocenters. The molecule has 4 heteroatoms. The smallest absolute Gasteiger partial charge is 0.230 e. The third-order valence-electron chi connectivity index (χ3n) is 6.12. The van der Waals surface area contributed by atoms with Gasteiger partial charge < -0.3 is 10.1 Å². The Morgan fingerprint density at radius 3 is 2.36 bits per heavy atom. The Morgan fingerprint density at radius 2 is 1.72 bits per heavy atom. The number of hydrogen-bond donors (Lipinski definition) is 1. The molecule has 4 aliphatic carbocycles. The average molecular weight is 360 g/mol. The Kier molecular flexibility index (Phi) is 5.25. The van der Waals surface area contributed by atoms with Gasteiger partial charge in [-0.25, -0.2) is 0 Å². The summed E-state index contributed by atoms with van der Waals surface area (Å²) in [6.45, 7) is 0.716. The second-order valence-electron chi connectivity index (χ2n) is 8.31. The summed E-state index contributed by atoms with van der Waals surface area (Å²) in [6, 6.07) is 9.92. The van der Waals surface area contributed by atoms with Gasteiger partial charge in [0.15, 0.2) is 0 Å². The Labute approximate surface area is 155 Å². The van der Waals surface area contributed by atoms with Crippen LogP contribution in [0.2, 0.25) is 0 Å². The topological polar surface area (TPSA) is 38.3 Å². The van der Waals surface area contributed by atoms with Crippen molar-refractivity contribution in [2.24, 2.45) is 17.8 Å². The van der Waals surface area contributed by atoms with Gasteiger partial charge in [-0.2, -0.15) is 11.8 Å². The van der Waals surface area contributed by atoms with Crippen LogP contribution >= 0.6 is 11.8 Å². The lowest BCUT2D eigenvalue weighted by molar-refractivity contribution is -0.124. The van der Waals surface area contributed by atoms with Crippen molar-refractivity contribution in [3.8, 4) is 5.75 Å². The fourth-order valence-electron chi connectivity index (χ4n) is 5.63. The first-order valence-corrected chi connectivity index (χ1v) is 10.9. The van der Waals surface area contributed by atoms with Crippen LogP contribution in [0.5, 0.6) is 5.75 Å². The van der Waals surface area contributed by atoms with Crippen LogP contribution in [-0.2, 0) is 4.79 Å². The lowest BCUT2D eigenvalue weighted by atomic mass is 9.53. The van der Waals surface area contributed by atoms with E-state index in [0.717, 1.165) is 35.7 Å². The molecule has 0 spiro atoms. The molecule has 0 aromatic heterocycles. The van der Waals surface area contributed by atoms with Crippen LogP contribution in [0, 0.1) is 17.8 Å². The molecule has 4 bridgehead atoms. The molecule has 4 saturated carbocycles. The number of thioether (sulfide) groups is 1. The molecular formula is C21H29NO2S. The van der Waals surface area contributed by atoms with E-state index in [1.807, 2.05) is 30.3 Å². The molecule has 0 radical (unpaired) electrons. The Morgan fingerprint density at radius 1 is 1.08 bits per heavy atom. The van der Waals surface area contributed by atoms with Gasteiger partial charge in [0.05, 0.1) is 12.4 Å². The van der Waals surface area contributed by atoms with Crippen molar-refractivity contribution in [1.82, 2.24) is 5.32 Å². The normalized spacial score (nSPS) is 32.6. The number of nitrogens with one attached hydrogen (secondary N) is 1. The summed E-state index contributed by atoms with van der Waals surface area (Å²) in [4.78, 5) is 12.4. The first kappa shape index (κ1) is 17.3. The van der Waals surface area contributed by atoms with Gasteiger partial charge in [-0.05, 0) is 80.6 Å².